The number of anilines is 1. The molecule has 0 spiro atoms. The van der Waals surface area contributed by atoms with Crippen LogP contribution < -0.4 is 15.0 Å². The van der Waals surface area contributed by atoms with Crippen LogP contribution in [0.1, 0.15) is 25.6 Å². The Hall–Kier alpha value is -1.97. The lowest BCUT2D eigenvalue weighted by Gasteiger charge is -2.38. The number of aromatic nitrogens is 2. The summed E-state index contributed by atoms with van der Waals surface area (Å²) in [6.07, 6.45) is 6.10. The van der Waals surface area contributed by atoms with Crippen molar-refractivity contribution < 1.29 is 4.74 Å². The number of ether oxygens (including phenoxy) is 1. The molecule has 166 valence electrons. The van der Waals surface area contributed by atoms with E-state index < -0.39 is 0 Å². The van der Waals surface area contributed by atoms with Crippen LogP contribution >= 0.6 is 24.0 Å². The number of aliphatic imine (C=N–C) groups is 1. The Kier molecular flexibility index (Phi) is 10.3. The summed E-state index contributed by atoms with van der Waals surface area (Å²) in [4.78, 5) is 13.9. The SMILES string of the molecule is CCNC(=NCCCCn1ccnc1C)N1CCN(c2ccccc2OC)CC1.I. The zero-order valence-electron chi connectivity index (χ0n) is 18.4. The van der Waals surface area contributed by atoms with Crippen molar-refractivity contribution in [1.29, 1.82) is 0 Å². The van der Waals surface area contributed by atoms with Crippen molar-refractivity contribution in [3.63, 3.8) is 0 Å². The third-order valence-corrected chi connectivity index (χ3v) is 5.33. The van der Waals surface area contributed by atoms with Crippen LogP contribution in [-0.2, 0) is 6.54 Å². The number of guanidine groups is 1. The maximum atomic E-state index is 5.52. The first-order valence-corrected chi connectivity index (χ1v) is 10.6. The summed E-state index contributed by atoms with van der Waals surface area (Å²) in [7, 11) is 1.74. The molecule has 0 amide bonds. The van der Waals surface area contributed by atoms with Crippen molar-refractivity contribution in [1.82, 2.24) is 19.8 Å². The third-order valence-electron chi connectivity index (χ3n) is 5.33. The number of benzene rings is 1. The molecule has 1 aromatic heterocycles. The van der Waals surface area contributed by atoms with Gasteiger partial charge in [-0.25, -0.2) is 4.98 Å². The summed E-state index contributed by atoms with van der Waals surface area (Å²) >= 11 is 0. The van der Waals surface area contributed by atoms with E-state index in [0.29, 0.717) is 0 Å². The van der Waals surface area contributed by atoms with Gasteiger partial charge in [-0.05, 0) is 38.8 Å². The first-order valence-electron chi connectivity index (χ1n) is 10.6. The van der Waals surface area contributed by atoms with Crippen molar-refractivity contribution in [3.05, 3.63) is 42.5 Å². The zero-order chi connectivity index (χ0) is 20.5. The van der Waals surface area contributed by atoms with Crippen LogP contribution in [0.2, 0.25) is 0 Å². The fourth-order valence-corrected chi connectivity index (χ4v) is 3.69. The van der Waals surface area contributed by atoms with Crippen LogP contribution in [-0.4, -0.2) is 66.8 Å². The second kappa shape index (κ2) is 12.7. The Bertz CT molecular complexity index is 785. The van der Waals surface area contributed by atoms with Crippen LogP contribution in [0.4, 0.5) is 5.69 Å². The van der Waals surface area contributed by atoms with Crippen molar-refractivity contribution in [3.8, 4) is 5.75 Å². The highest BCUT2D eigenvalue weighted by atomic mass is 127. The molecule has 2 heterocycles. The summed E-state index contributed by atoms with van der Waals surface area (Å²) in [5.74, 6) is 3.05. The number of methoxy groups -OCH3 is 1. The molecule has 1 aliphatic rings. The number of nitrogens with one attached hydrogen (secondary N) is 1. The second-order valence-electron chi connectivity index (χ2n) is 7.26. The Morgan fingerprint density at radius 1 is 1.17 bits per heavy atom. The molecule has 7 nitrogen and oxygen atoms in total. The van der Waals surface area contributed by atoms with Gasteiger partial charge in [0.15, 0.2) is 5.96 Å². The first kappa shape index (κ1) is 24.3. The fraction of sp³-hybridized carbons (Fsp3) is 0.545. The largest absolute Gasteiger partial charge is 0.495 e. The highest BCUT2D eigenvalue weighted by Gasteiger charge is 2.21. The molecular weight excluding hydrogens is 491 g/mol. The number of aryl methyl sites for hydroxylation is 2. The summed E-state index contributed by atoms with van der Waals surface area (Å²) in [5.41, 5.74) is 1.17. The van der Waals surface area contributed by atoms with E-state index in [1.807, 2.05) is 31.5 Å². The van der Waals surface area contributed by atoms with Crippen molar-refractivity contribution >= 4 is 35.6 Å². The number of unbranched alkanes of at least 4 members (excludes halogenated alkanes) is 1. The lowest BCUT2D eigenvalue weighted by Crippen LogP contribution is -2.52. The number of piperazine rings is 1. The molecule has 0 radical (unpaired) electrons. The third kappa shape index (κ3) is 6.52. The second-order valence-corrected chi connectivity index (χ2v) is 7.26. The molecule has 0 bridgehead atoms. The van der Waals surface area contributed by atoms with Crippen LogP contribution in [0.5, 0.6) is 5.75 Å². The van der Waals surface area contributed by atoms with E-state index in [-0.39, 0.29) is 24.0 Å². The normalized spacial score (nSPS) is 14.4. The minimum absolute atomic E-state index is 0. The average molecular weight is 526 g/mol. The molecule has 3 rings (SSSR count). The van der Waals surface area contributed by atoms with E-state index in [4.69, 9.17) is 9.73 Å². The molecule has 0 aliphatic carbocycles. The zero-order valence-corrected chi connectivity index (χ0v) is 20.7. The number of hydrogen-bond donors (Lipinski definition) is 1. The van der Waals surface area contributed by atoms with E-state index in [0.717, 1.165) is 76.2 Å². The maximum absolute atomic E-state index is 5.52. The van der Waals surface area contributed by atoms with Crippen LogP contribution in [0.25, 0.3) is 0 Å². The molecule has 30 heavy (non-hydrogen) atoms. The predicted octanol–water partition coefficient (Wildman–Crippen LogP) is 3.39. The number of hydrogen-bond acceptors (Lipinski definition) is 4. The summed E-state index contributed by atoms with van der Waals surface area (Å²) in [6, 6.07) is 8.25. The van der Waals surface area contributed by atoms with Crippen LogP contribution in [0.15, 0.2) is 41.7 Å². The van der Waals surface area contributed by atoms with Crippen LogP contribution in [0, 0.1) is 6.92 Å². The Labute approximate surface area is 197 Å². The monoisotopic (exact) mass is 526 g/mol. The number of nitrogens with zero attached hydrogens (tertiary/aromatic N) is 5. The van der Waals surface area contributed by atoms with E-state index in [9.17, 15) is 0 Å². The fourth-order valence-electron chi connectivity index (χ4n) is 3.69. The van der Waals surface area contributed by atoms with Gasteiger partial charge < -0.3 is 24.4 Å². The molecule has 8 heteroatoms. The molecule has 1 saturated heterocycles. The Balaban J connectivity index is 0.00000320. The number of imidazole rings is 1. The van der Waals surface area contributed by atoms with E-state index in [2.05, 4.69) is 43.7 Å². The standard InChI is InChI=1S/C22H34N6O.HI/c1-4-23-22(25-11-7-8-13-26-14-12-24-19(26)2)28-17-15-27(16-18-28)20-9-5-6-10-21(20)29-3;/h5-6,9-10,12,14H,4,7-8,11,13,15-18H2,1-3H3,(H,23,25);1H. The minimum atomic E-state index is 0. The van der Waals surface area contributed by atoms with Gasteiger partial charge in [-0.3, -0.25) is 4.99 Å². The van der Waals surface area contributed by atoms with E-state index in [1.165, 1.54) is 5.69 Å². The van der Waals surface area contributed by atoms with Gasteiger partial charge >= 0.3 is 0 Å². The van der Waals surface area contributed by atoms with Gasteiger partial charge in [0.05, 0.1) is 12.8 Å². The molecule has 1 aliphatic heterocycles. The molecule has 1 aromatic carbocycles. The molecule has 2 aromatic rings. The average Bonchev–Trinajstić information content (AvgIpc) is 3.17. The highest BCUT2D eigenvalue weighted by Crippen LogP contribution is 2.28. The lowest BCUT2D eigenvalue weighted by molar-refractivity contribution is 0.367. The maximum Gasteiger partial charge on any atom is 0.194 e. The summed E-state index contributed by atoms with van der Waals surface area (Å²) in [5, 5.41) is 3.46. The molecule has 1 fully saturated rings. The van der Waals surface area contributed by atoms with Crippen molar-refractivity contribution in [2.24, 2.45) is 4.99 Å². The molecule has 0 unspecified atom stereocenters. The van der Waals surface area contributed by atoms with E-state index >= 15 is 0 Å². The van der Waals surface area contributed by atoms with E-state index in [1.54, 1.807) is 7.11 Å². The van der Waals surface area contributed by atoms with Crippen molar-refractivity contribution in [2.75, 3.05) is 51.3 Å². The van der Waals surface area contributed by atoms with Crippen LogP contribution in [0.3, 0.4) is 0 Å². The van der Waals surface area contributed by atoms with Gasteiger partial charge in [-0.15, -0.1) is 24.0 Å². The Morgan fingerprint density at radius 2 is 1.93 bits per heavy atom. The quantitative estimate of drug-likeness (QED) is 0.248. The molecule has 1 N–H and O–H groups in total. The smallest absolute Gasteiger partial charge is 0.194 e. The predicted molar refractivity (Wildman–Crippen MR) is 134 cm³/mol. The molecular formula is C22H35IN6O. The van der Waals surface area contributed by atoms with Gasteiger partial charge in [0.1, 0.15) is 11.6 Å². The van der Waals surface area contributed by atoms with Gasteiger partial charge in [0, 0.05) is 58.2 Å². The first-order chi connectivity index (χ1) is 14.2. The number of halogens is 1. The Morgan fingerprint density at radius 3 is 2.60 bits per heavy atom. The lowest BCUT2D eigenvalue weighted by atomic mass is 10.2. The number of rotatable bonds is 8. The van der Waals surface area contributed by atoms with Gasteiger partial charge in [-0.2, -0.15) is 0 Å². The topological polar surface area (TPSA) is 57.9 Å². The number of para-hydroxylation sites is 2. The highest BCUT2D eigenvalue weighted by molar-refractivity contribution is 14.0. The molecule has 0 saturated carbocycles. The molecule has 0 atom stereocenters. The van der Waals surface area contributed by atoms with Gasteiger partial charge in [-0.1, -0.05) is 12.1 Å². The minimum Gasteiger partial charge on any atom is -0.495 e. The summed E-state index contributed by atoms with van der Waals surface area (Å²) < 4.78 is 7.73. The van der Waals surface area contributed by atoms with Gasteiger partial charge in [0.2, 0.25) is 0 Å². The van der Waals surface area contributed by atoms with Crippen molar-refractivity contribution in [2.45, 2.75) is 33.2 Å². The summed E-state index contributed by atoms with van der Waals surface area (Å²) in [6.45, 7) is 10.8. The van der Waals surface area contributed by atoms with Gasteiger partial charge in [0.25, 0.3) is 0 Å².